The third kappa shape index (κ3) is 16.1. The molecule has 2 atom stereocenters. The van der Waals surface area contributed by atoms with E-state index in [1.54, 1.807) is 0 Å². The Morgan fingerprint density at radius 1 is 0.946 bits per heavy atom. The van der Waals surface area contributed by atoms with E-state index in [9.17, 15) is 32.5 Å². The predicted octanol–water partition coefficient (Wildman–Crippen LogP) is 0.398. The molecule has 210 valence electrons. The van der Waals surface area contributed by atoms with E-state index in [4.69, 9.17) is 14.2 Å². The van der Waals surface area contributed by atoms with Crippen LogP contribution in [0.2, 0.25) is 0 Å². The largest absolute Gasteiger partial charge is 1.00 e. The summed E-state index contributed by atoms with van der Waals surface area (Å²) >= 11 is 0. The van der Waals surface area contributed by atoms with Crippen LogP contribution in [0.4, 0.5) is 0 Å². The van der Waals surface area contributed by atoms with Gasteiger partial charge in [-0.1, -0.05) is 84.0 Å². The topological polar surface area (TPSA) is 156 Å². The van der Waals surface area contributed by atoms with Gasteiger partial charge in [-0.3, -0.25) is 14.4 Å². The molecule has 0 aliphatic carbocycles. The van der Waals surface area contributed by atoms with Crippen LogP contribution in [-0.4, -0.2) is 67.7 Å². The molecule has 1 fully saturated rings. The van der Waals surface area contributed by atoms with Crippen molar-refractivity contribution >= 4 is 28.0 Å². The molecule has 1 aliphatic heterocycles. The molecule has 1 saturated heterocycles. The number of hydrogen-bond donors (Lipinski definition) is 1. The molecule has 0 saturated carbocycles. The Morgan fingerprint density at radius 2 is 1.43 bits per heavy atom. The minimum Gasteiger partial charge on any atom is -0.747 e. The Kier molecular flexibility index (Phi) is 19.8. The summed E-state index contributed by atoms with van der Waals surface area (Å²) in [7, 11) is -5.13. The van der Waals surface area contributed by atoms with Gasteiger partial charge in [0.1, 0.15) is 29.9 Å². The predicted molar refractivity (Wildman–Crippen MR) is 131 cm³/mol. The van der Waals surface area contributed by atoms with Gasteiger partial charge in [0.15, 0.2) is 5.25 Å². The molecule has 0 spiro atoms. The Morgan fingerprint density at radius 3 is 1.92 bits per heavy atom. The first-order valence-corrected chi connectivity index (χ1v) is 14.6. The van der Waals surface area contributed by atoms with Gasteiger partial charge < -0.3 is 23.9 Å². The molecule has 2 unspecified atom stereocenters. The molecule has 0 bridgehead atoms. The van der Waals surface area contributed by atoms with Gasteiger partial charge in [-0.2, -0.15) is 0 Å². The number of esters is 3. The second-order valence-corrected chi connectivity index (χ2v) is 11.3. The summed E-state index contributed by atoms with van der Waals surface area (Å²) in [6.07, 6.45) is 14.6. The Bertz CT molecular complexity index is 773. The summed E-state index contributed by atoms with van der Waals surface area (Å²) in [5.41, 5.74) is -1.45. The first-order valence-electron chi connectivity index (χ1n) is 13.2. The van der Waals surface area contributed by atoms with Gasteiger partial charge in [-0.25, -0.2) is 8.42 Å². The van der Waals surface area contributed by atoms with Crippen LogP contribution in [-0.2, 0) is 38.7 Å². The minimum absolute atomic E-state index is 0. The van der Waals surface area contributed by atoms with Crippen molar-refractivity contribution in [3.63, 3.8) is 0 Å². The number of carbonyl (C=O) groups excluding carboxylic acids is 3. The number of unbranched alkanes of at least 4 members (excludes halogenated alkanes) is 12. The standard InChI is InChI=1S/C25H44O10S.Na/c1-2-3-4-5-6-7-8-9-10-11-12-13-14-15-22(27)33-18-25(17-26)19-34-23(28)16-21(36(30,31)32)24(29)35-20-25;/h21,26H,2-20H2,1H3,(H,30,31,32);/q;+1/p-1. The van der Waals surface area contributed by atoms with E-state index in [0.29, 0.717) is 6.42 Å². The maximum absolute atomic E-state index is 12.1. The number of ether oxygens (including phenoxy) is 3. The number of rotatable bonds is 18. The third-order valence-electron chi connectivity index (χ3n) is 6.38. The van der Waals surface area contributed by atoms with Crippen LogP contribution in [0.15, 0.2) is 0 Å². The van der Waals surface area contributed by atoms with Gasteiger partial charge in [-0.05, 0) is 6.42 Å². The van der Waals surface area contributed by atoms with Crippen molar-refractivity contribution in [2.45, 2.75) is 108 Å². The average molecular weight is 559 g/mol. The van der Waals surface area contributed by atoms with Crippen molar-refractivity contribution in [3.8, 4) is 0 Å². The maximum atomic E-state index is 12.1. The molecular formula is C25H43NaO10S. The molecule has 1 rings (SSSR count). The van der Waals surface area contributed by atoms with E-state index >= 15 is 0 Å². The summed E-state index contributed by atoms with van der Waals surface area (Å²) in [5, 5.41) is 7.58. The molecule has 12 heteroatoms. The van der Waals surface area contributed by atoms with Crippen LogP contribution in [0.5, 0.6) is 0 Å². The number of aliphatic hydroxyl groups is 1. The second-order valence-electron chi connectivity index (χ2n) is 9.77. The molecule has 1 heterocycles. The van der Waals surface area contributed by atoms with Crippen molar-refractivity contribution in [2.24, 2.45) is 5.41 Å². The van der Waals surface area contributed by atoms with Gasteiger partial charge in [0.2, 0.25) is 0 Å². The SMILES string of the molecule is CCCCCCCCCCCCCCCC(=O)OCC1(CO)COC(=O)CC(S(=O)(=O)[O-])C(=O)OC1.[Na+]. The smallest absolute Gasteiger partial charge is 0.747 e. The summed E-state index contributed by atoms with van der Waals surface area (Å²) in [6.45, 7) is 0.131. The molecule has 10 nitrogen and oxygen atoms in total. The van der Waals surface area contributed by atoms with Crippen LogP contribution in [0.25, 0.3) is 0 Å². The van der Waals surface area contributed by atoms with Crippen molar-refractivity contribution in [2.75, 3.05) is 26.4 Å². The second kappa shape index (κ2) is 20.2. The summed E-state index contributed by atoms with van der Waals surface area (Å²) in [6, 6.07) is 0. The fraction of sp³-hybridized carbons (Fsp3) is 0.880. The first-order chi connectivity index (χ1) is 17.1. The van der Waals surface area contributed by atoms with Gasteiger partial charge in [0.05, 0.1) is 18.4 Å². The van der Waals surface area contributed by atoms with E-state index in [2.05, 4.69) is 6.92 Å². The molecule has 0 radical (unpaired) electrons. The van der Waals surface area contributed by atoms with E-state index in [1.165, 1.54) is 57.8 Å². The van der Waals surface area contributed by atoms with E-state index < -0.39 is 71.5 Å². The Labute approximate surface area is 243 Å². The number of aliphatic hydroxyl groups excluding tert-OH is 1. The Hall–Kier alpha value is -0.720. The molecule has 1 aliphatic rings. The first kappa shape index (κ1) is 36.3. The summed E-state index contributed by atoms with van der Waals surface area (Å²) < 4.78 is 48.8. The van der Waals surface area contributed by atoms with Crippen molar-refractivity contribution < 1.29 is 76.2 Å². The average Bonchev–Trinajstić information content (AvgIpc) is 2.90. The van der Waals surface area contributed by atoms with E-state index in [0.717, 1.165) is 19.3 Å². The number of hydrogen-bond acceptors (Lipinski definition) is 10. The molecule has 1 N–H and O–H groups in total. The molecule has 0 aromatic rings. The maximum Gasteiger partial charge on any atom is 1.00 e. The summed E-state index contributed by atoms with van der Waals surface area (Å²) in [5.74, 6) is -3.00. The molecule has 0 aromatic carbocycles. The number of cyclic esters (lactones) is 2. The van der Waals surface area contributed by atoms with E-state index in [-0.39, 0.29) is 36.0 Å². The minimum atomic E-state index is -5.13. The van der Waals surface area contributed by atoms with E-state index in [1.807, 2.05) is 0 Å². The number of carbonyl (C=O) groups is 3. The molecule has 37 heavy (non-hydrogen) atoms. The van der Waals surface area contributed by atoms with Gasteiger partial charge in [-0.15, -0.1) is 0 Å². The summed E-state index contributed by atoms with van der Waals surface area (Å²) in [4.78, 5) is 36.0. The monoisotopic (exact) mass is 558 g/mol. The fourth-order valence-corrected chi connectivity index (χ4v) is 4.56. The zero-order chi connectivity index (χ0) is 26.9. The van der Waals surface area contributed by atoms with Gasteiger partial charge in [0.25, 0.3) is 0 Å². The molecule has 0 aromatic heterocycles. The van der Waals surface area contributed by atoms with Crippen LogP contribution in [0, 0.1) is 5.41 Å². The zero-order valence-electron chi connectivity index (χ0n) is 22.5. The zero-order valence-corrected chi connectivity index (χ0v) is 25.4. The van der Waals surface area contributed by atoms with Crippen LogP contribution in [0.3, 0.4) is 0 Å². The Balaban J connectivity index is 0.0000130. The van der Waals surface area contributed by atoms with Gasteiger partial charge in [0, 0.05) is 6.42 Å². The normalized spacial score (nSPS) is 20.6. The third-order valence-corrected chi connectivity index (χ3v) is 7.44. The van der Waals surface area contributed by atoms with Crippen LogP contribution < -0.4 is 29.6 Å². The van der Waals surface area contributed by atoms with Crippen LogP contribution >= 0.6 is 0 Å². The van der Waals surface area contributed by atoms with Crippen molar-refractivity contribution in [3.05, 3.63) is 0 Å². The van der Waals surface area contributed by atoms with Crippen molar-refractivity contribution in [1.29, 1.82) is 0 Å². The van der Waals surface area contributed by atoms with Crippen LogP contribution in [0.1, 0.15) is 103 Å². The fourth-order valence-electron chi connectivity index (χ4n) is 3.92. The van der Waals surface area contributed by atoms with Gasteiger partial charge >= 0.3 is 47.5 Å². The quantitative estimate of drug-likeness (QED) is 0.0821. The molecule has 0 amide bonds. The molecular weight excluding hydrogens is 515 g/mol. The van der Waals surface area contributed by atoms with Crippen molar-refractivity contribution in [1.82, 2.24) is 0 Å².